The third kappa shape index (κ3) is 2.59. The highest BCUT2D eigenvalue weighted by molar-refractivity contribution is 5.45. The van der Waals surface area contributed by atoms with E-state index in [0.717, 1.165) is 11.3 Å². The molecule has 0 saturated heterocycles. The maximum Gasteiger partial charge on any atom is 0.126 e. The van der Waals surface area contributed by atoms with Crippen LogP contribution in [0, 0.1) is 5.92 Å². The van der Waals surface area contributed by atoms with Crippen molar-refractivity contribution in [1.82, 2.24) is 0 Å². The molecule has 0 aromatic heterocycles. The maximum atomic E-state index is 11.2. The van der Waals surface area contributed by atoms with E-state index < -0.39 is 5.60 Å². The number of aliphatic hydroxyl groups is 1. The molecule has 21 heavy (non-hydrogen) atoms. The van der Waals surface area contributed by atoms with Gasteiger partial charge in [0.1, 0.15) is 11.4 Å². The molecular formula is C19H28O2. The van der Waals surface area contributed by atoms with Gasteiger partial charge in [-0.3, -0.25) is 0 Å². The molecule has 2 aliphatic rings. The number of hydrogen-bond donors (Lipinski definition) is 1. The van der Waals surface area contributed by atoms with Crippen molar-refractivity contribution in [1.29, 1.82) is 0 Å². The zero-order valence-corrected chi connectivity index (χ0v) is 13.8. The van der Waals surface area contributed by atoms with Crippen molar-refractivity contribution >= 4 is 0 Å². The fourth-order valence-corrected chi connectivity index (χ4v) is 4.09. The first kappa shape index (κ1) is 14.9. The van der Waals surface area contributed by atoms with Crippen LogP contribution in [0.15, 0.2) is 18.2 Å². The van der Waals surface area contributed by atoms with E-state index in [0.29, 0.717) is 12.3 Å². The number of benzene rings is 1. The fourth-order valence-electron chi connectivity index (χ4n) is 4.09. The van der Waals surface area contributed by atoms with E-state index in [4.69, 9.17) is 4.74 Å². The van der Waals surface area contributed by atoms with Crippen LogP contribution < -0.4 is 4.74 Å². The molecule has 1 aliphatic carbocycles. The SMILES string of the molecule is CC(C)[C@]1(O)CC(C)(C)Oc2cc(C3CCCC3)ccc21. The minimum atomic E-state index is -0.786. The van der Waals surface area contributed by atoms with E-state index in [1.807, 2.05) is 0 Å². The van der Waals surface area contributed by atoms with Gasteiger partial charge in [-0.15, -0.1) is 0 Å². The summed E-state index contributed by atoms with van der Waals surface area (Å²) in [6.45, 7) is 8.34. The van der Waals surface area contributed by atoms with E-state index in [1.165, 1.54) is 31.2 Å². The standard InChI is InChI=1S/C19H28O2/c1-13(2)19(20)12-18(3,4)21-17-11-15(9-10-16(17)19)14-7-5-6-8-14/h9-11,13-14,20H,5-8,12H2,1-4H3/t19-/m1/s1. The zero-order valence-electron chi connectivity index (χ0n) is 13.8. The lowest BCUT2D eigenvalue weighted by Gasteiger charge is -2.45. The maximum absolute atomic E-state index is 11.2. The molecule has 3 rings (SSSR count). The van der Waals surface area contributed by atoms with Crippen LogP contribution in [0.3, 0.4) is 0 Å². The van der Waals surface area contributed by atoms with Crippen LogP contribution >= 0.6 is 0 Å². The molecule has 0 unspecified atom stereocenters. The molecule has 1 aromatic carbocycles. The summed E-state index contributed by atoms with van der Waals surface area (Å²) in [4.78, 5) is 0. The van der Waals surface area contributed by atoms with Crippen molar-refractivity contribution in [2.75, 3.05) is 0 Å². The van der Waals surface area contributed by atoms with Crippen molar-refractivity contribution in [2.45, 2.75) is 76.9 Å². The molecule has 1 aliphatic heterocycles. The second-order valence-corrected chi connectivity index (χ2v) is 7.85. The second-order valence-electron chi connectivity index (χ2n) is 7.85. The summed E-state index contributed by atoms with van der Waals surface area (Å²) in [6.07, 6.45) is 5.90. The molecule has 116 valence electrons. The smallest absolute Gasteiger partial charge is 0.126 e. The van der Waals surface area contributed by atoms with Gasteiger partial charge in [0.05, 0.1) is 5.60 Å². The van der Waals surface area contributed by atoms with Crippen molar-refractivity contribution in [3.63, 3.8) is 0 Å². The second kappa shape index (κ2) is 5.01. The van der Waals surface area contributed by atoms with Crippen molar-refractivity contribution < 1.29 is 9.84 Å². The van der Waals surface area contributed by atoms with Gasteiger partial charge in [-0.1, -0.05) is 38.8 Å². The average molecular weight is 288 g/mol. The zero-order chi connectivity index (χ0) is 15.3. The normalized spacial score (nSPS) is 28.5. The van der Waals surface area contributed by atoms with Gasteiger partial charge in [0.15, 0.2) is 0 Å². The topological polar surface area (TPSA) is 29.5 Å². The van der Waals surface area contributed by atoms with Gasteiger partial charge < -0.3 is 9.84 Å². The van der Waals surface area contributed by atoms with Crippen LogP contribution in [-0.4, -0.2) is 10.7 Å². The van der Waals surface area contributed by atoms with Crippen molar-refractivity contribution in [2.24, 2.45) is 5.92 Å². The van der Waals surface area contributed by atoms with Crippen LogP contribution in [0.25, 0.3) is 0 Å². The lowest BCUT2D eigenvalue weighted by molar-refractivity contribution is -0.0923. The molecule has 1 atom stereocenters. The molecule has 1 heterocycles. The van der Waals surface area contributed by atoms with Gasteiger partial charge in [-0.25, -0.2) is 0 Å². The highest BCUT2D eigenvalue weighted by Gasteiger charge is 2.46. The van der Waals surface area contributed by atoms with Gasteiger partial charge in [-0.05, 0) is 50.2 Å². The third-order valence-electron chi connectivity index (χ3n) is 5.34. The Labute approximate surface area is 128 Å². The minimum absolute atomic E-state index is 0.178. The van der Waals surface area contributed by atoms with E-state index in [-0.39, 0.29) is 11.5 Å². The number of ether oxygens (including phenoxy) is 1. The molecule has 0 spiro atoms. The van der Waals surface area contributed by atoms with Crippen LogP contribution in [0.1, 0.15) is 76.8 Å². The van der Waals surface area contributed by atoms with Crippen molar-refractivity contribution in [3.05, 3.63) is 29.3 Å². The van der Waals surface area contributed by atoms with E-state index in [2.05, 4.69) is 45.9 Å². The van der Waals surface area contributed by atoms with Crippen LogP contribution in [0.4, 0.5) is 0 Å². The quantitative estimate of drug-likeness (QED) is 0.851. The van der Waals surface area contributed by atoms with E-state index >= 15 is 0 Å². The summed E-state index contributed by atoms with van der Waals surface area (Å²) in [5.74, 6) is 1.75. The largest absolute Gasteiger partial charge is 0.487 e. The van der Waals surface area contributed by atoms with Gasteiger partial charge in [0.25, 0.3) is 0 Å². The predicted molar refractivity (Wildman–Crippen MR) is 85.7 cm³/mol. The molecule has 0 radical (unpaired) electrons. The predicted octanol–water partition coefficient (Wildman–Crippen LogP) is 4.75. The molecule has 1 fully saturated rings. The molecular weight excluding hydrogens is 260 g/mol. The highest BCUT2D eigenvalue weighted by Crippen LogP contribution is 2.48. The first-order valence-corrected chi connectivity index (χ1v) is 8.38. The Hall–Kier alpha value is -1.02. The molecule has 0 amide bonds. The summed E-state index contributed by atoms with van der Waals surface area (Å²) in [7, 11) is 0. The van der Waals surface area contributed by atoms with E-state index in [1.54, 1.807) is 0 Å². The minimum Gasteiger partial charge on any atom is -0.487 e. The number of fused-ring (bicyclic) bond motifs is 1. The van der Waals surface area contributed by atoms with Gasteiger partial charge in [0.2, 0.25) is 0 Å². The average Bonchev–Trinajstić information content (AvgIpc) is 2.90. The molecule has 0 bridgehead atoms. The number of hydrogen-bond acceptors (Lipinski definition) is 2. The van der Waals surface area contributed by atoms with Crippen LogP contribution in [0.2, 0.25) is 0 Å². The van der Waals surface area contributed by atoms with Gasteiger partial charge in [0, 0.05) is 12.0 Å². The van der Waals surface area contributed by atoms with Crippen LogP contribution in [-0.2, 0) is 5.60 Å². The summed E-state index contributed by atoms with van der Waals surface area (Å²) in [5.41, 5.74) is 1.25. The Morgan fingerprint density at radius 2 is 1.86 bits per heavy atom. The number of rotatable bonds is 2. The molecule has 1 N–H and O–H groups in total. The monoisotopic (exact) mass is 288 g/mol. The molecule has 1 aromatic rings. The van der Waals surface area contributed by atoms with Crippen LogP contribution in [0.5, 0.6) is 5.75 Å². The fraction of sp³-hybridized carbons (Fsp3) is 0.684. The lowest BCUT2D eigenvalue weighted by atomic mass is 9.73. The Morgan fingerprint density at radius 1 is 1.19 bits per heavy atom. The van der Waals surface area contributed by atoms with Gasteiger partial charge >= 0.3 is 0 Å². The van der Waals surface area contributed by atoms with Crippen molar-refractivity contribution in [3.8, 4) is 5.75 Å². The molecule has 2 nitrogen and oxygen atoms in total. The van der Waals surface area contributed by atoms with E-state index in [9.17, 15) is 5.11 Å². The Balaban J connectivity index is 2.03. The Kier molecular flexibility index (Phi) is 3.56. The van der Waals surface area contributed by atoms with Gasteiger partial charge in [-0.2, -0.15) is 0 Å². The Morgan fingerprint density at radius 3 is 2.48 bits per heavy atom. The molecule has 1 saturated carbocycles. The summed E-state index contributed by atoms with van der Waals surface area (Å²) >= 11 is 0. The summed E-state index contributed by atoms with van der Waals surface area (Å²) in [6, 6.07) is 6.52. The third-order valence-corrected chi connectivity index (χ3v) is 5.34. The highest BCUT2D eigenvalue weighted by atomic mass is 16.5. The summed E-state index contributed by atoms with van der Waals surface area (Å²) < 4.78 is 6.21. The first-order valence-electron chi connectivity index (χ1n) is 8.38. The Bertz CT molecular complexity index is 526. The lowest BCUT2D eigenvalue weighted by Crippen LogP contribution is -2.47. The summed E-state index contributed by atoms with van der Waals surface area (Å²) in [5, 5.41) is 11.2. The molecule has 2 heteroatoms. The first-order chi connectivity index (χ1) is 9.82.